The monoisotopic (exact) mass is 353 g/mol. The molecule has 0 unspecified atom stereocenters. The molecule has 1 amide bonds. The van der Waals surface area contributed by atoms with Gasteiger partial charge in [-0.05, 0) is 48.9 Å². The van der Waals surface area contributed by atoms with E-state index in [1.165, 1.54) is 0 Å². The van der Waals surface area contributed by atoms with Gasteiger partial charge >= 0.3 is 0 Å². The maximum atomic E-state index is 11.8. The molecule has 104 valence electrons. The lowest BCUT2D eigenvalue weighted by Gasteiger charge is -2.09. The fraction of sp³-hybridized carbons (Fsp3) is 0.133. The molecule has 2 rings (SSSR count). The minimum absolute atomic E-state index is 0.0601. The second-order valence-corrected chi connectivity index (χ2v) is 5.55. The number of halogens is 2. The van der Waals surface area contributed by atoms with Gasteiger partial charge in [0.1, 0.15) is 5.75 Å². The Labute approximate surface area is 131 Å². The molecule has 0 aromatic heterocycles. The van der Waals surface area contributed by atoms with Crippen LogP contribution in [0.25, 0.3) is 0 Å². The number of hydrogen-bond donors (Lipinski definition) is 1. The van der Waals surface area contributed by atoms with Crippen LogP contribution in [0.2, 0.25) is 5.02 Å². The molecular formula is C15H13BrClNO2. The van der Waals surface area contributed by atoms with E-state index in [0.29, 0.717) is 10.8 Å². The van der Waals surface area contributed by atoms with Gasteiger partial charge in [0.15, 0.2) is 6.61 Å². The Balaban J connectivity index is 1.91. The Bertz CT molecular complexity index is 631. The summed E-state index contributed by atoms with van der Waals surface area (Å²) in [5.74, 6) is 0.353. The van der Waals surface area contributed by atoms with Gasteiger partial charge in [0.05, 0.1) is 0 Å². The molecule has 0 radical (unpaired) electrons. The van der Waals surface area contributed by atoms with Crippen molar-refractivity contribution in [2.75, 3.05) is 11.9 Å². The third kappa shape index (κ3) is 4.25. The van der Waals surface area contributed by atoms with Crippen molar-refractivity contribution >= 4 is 39.1 Å². The summed E-state index contributed by atoms with van der Waals surface area (Å²) in [6.07, 6.45) is 0. The fourth-order valence-corrected chi connectivity index (χ4v) is 2.05. The molecule has 5 heteroatoms. The quantitative estimate of drug-likeness (QED) is 0.882. The van der Waals surface area contributed by atoms with E-state index in [0.717, 1.165) is 15.7 Å². The first-order valence-electron chi connectivity index (χ1n) is 5.99. The lowest BCUT2D eigenvalue weighted by molar-refractivity contribution is -0.118. The van der Waals surface area contributed by atoms with Crippen molar-refractivity contribution in [1.82, 2.24) is 0 Å². The largest absolute Gasteiger partial charge is 0.484 e. The molecule has 0 saturated heterocycles. The van der Waals surface area contributed by atoms with Crippen LogP contribution in [0.4, 0.5) is 5.69 Å². The molecule has 1 N–H and O–H groups in total. The van der Waals surface area contributed by atoms with E-state index in [9.17, 15) is 4.79 Å². The Kier molecular flexibility index (Phi) is 5.04. The van der Waals surface area contributed by atoms with Gasteiger partial charge in [-0.15, -0.1) is 0 Å². The lowest BCUT2D eigenvalue weighted by Crippen LogP contribution is -2.20. The molecule has 0 bridgehead atoms. The summed E-state index contributed by atoms with van der Waals surface area (Å²) in [5, 5.41) is 3.35. The van der Waals surface area contributed by atoms with Gasteiger partial charge in [-0.25, -0.2) is 0 Å². The molecule has 0 fully saturated rings. The van der Waals surface area contributed by atoms with Gasteiger partial charge in [-0.3, -0.25) is 4.79 Å². The zero-order chi connectivity index (χ0) is 14.5. The van der Waals surface area contributed by atoms with Crippen LogP contribution in [0.15, 0.2) is 46.9 Å². The highest BCUT2D eigenvalue weighted by Gasteiger charge is 2.05. The highest BCUT2D eigenvalue weighted by atomic mass is 79.9. The number of benzene rings is 2. The number of anilines is 1. The summed E-state index contributed by atoms with van der Waals surface area (Å²) >= 11 is 9.25. The summed E-state index contributed by atoms with van der Waals surface area (Å²) in [5.41, 5.74) is 1.80. The van der Waals surface area contributed by atoms with Crippen molar-refractivity contribution in [2.24, 2.45) is 0 Å². The SMILES string of the molecule is Cc1cc(NC(=O)COc2cccc(Cl)c2)ccc1Br. The molecule has 0 atom stereocenters. The van der Waals surface area contributed by atoms with Crippen LogP contribution in [0, 0.1) is 6.92 Å². The van der Waals surface area contributed by atoms with E-state index in [1.54, 1.807) is 24.3 Å². The Morgan fingerprint density at radius 2 is 2.10 bits per heavy atom. The molecule has 20 heavy (non-hydrogen) atoms. The van der Waals surface area contributed by atoms with Crippen molar-refractivity contribution < 1.29 is 9.53 Å². The summed E-state index contributed by atoms with van der Waals surface area (Å²) in [4.78, 5) is 11.8. The first-order chi connectivity index (χ1) is 9.54. The average molecular weight is 355 g/mol. The van der Waals surface area contributed by atoms with Gasteiger partial charge in [-0.2, -0.15) is 0 Å². The molecule has 0 aliphatic carbocycles. The molecule has 0 heterocycles. The van der Waals surface area contributed by atoms with Crippen LogP contribution in [0.5, 0.6) is 5.75 Å². The second kappa shape index (κ2) is 6.77. The first kappa shape index (κ1) is 14.9. The number of hydrogen-bond acceptors (Lipinski definition) is 2. The van der Waals surface area contributed by atoms with Crippen molar-refractivity contribution in [3.05, 3.63) is 57.5 Å². The van der Waals surface area contributed by atoms with Crippen LogP contribution < -0.4 is 10.1 Å². The van der Waals surface area contributed by atoms with E-state index < -0.39 is 0 Å². The highest BCUT2D eigenvalue weighted by Crippen LogP contribution is 2.20. The number of amides is 1. The number of ether oxygens (including phenoxy) is 1. The summed E-state index contributed by atoms with van der Waals surface area (Å²) < 4.78 is 6.37. The van der Waals surface area contributed by atoms with Crippen LogP contribution in [0.1, 0.15) is 5.56 Å². The van der Waals surface area contributed by atoms with E-state index in [2.05, 4.69) is 21.2 Å². The topological polar surface area (TPSA) is 38.3 Å². The average Bonchev–Trinajstić information content (AvgIpc) is 2.41. The van der Waals surface area contributed by atoms with E-state index >= 15 is 0 Å². The molecule has 0 aliphatic heterocycles. The normalized spacial score (nSPS) is 10.2. The minimum Gasteiger partial charge on any atom is -0.484 e. The Morgan fingerprint density at radius 1 is 1.30 bits per heavy atom. The zero-order valence-corrected chi connectivity index (χ0v) is 13.2. The lowest BCUT2D eigenvalue weighted by atomic mass is 10.2. The van der Waals surface area contributed by atoms with Crippen LogP contribution in [-0.2, 0) is 4.79 Å². The van der Waals surface area contributed by atoms with Crippen molar-refractivity contribution in [2.45, 2.75) is 6.92 Å². The van der Waals surface area contributed by atoms with Gasteiger partial charge < -0.3 is 10.1 Å². The molecule has 3 nitrogen and oxygen atoms in total. The molecule has 0 aliphatic rings. The summed E-state index contributed by atoms with van der Waals surface area (Å²) in [6.45, 7) is 1.90. The van der Waals surface area contributed by atoms with Gasteiger partial charge in [-0.1, -0.05) is 33.6 Å². The molecule has 2 aromatic rings. The van der Waals surface area contributed by atoms with Crippen molar-refractivity contribution in [1.29, 1.82) is 0 Å². The number of nitrogens with one attached hydrogen (secondary N) is 1. The van der Waals surface area contributed by atoms with Crippen LogP contribution in [-0.4, -0.2) is 12.5 Å². The standard InChI is InChI=1S/C15H13BrClNO2/c1-10-7-12(5-6-14(10)16)18-15(19)9-20-13-4-2-3-11(17)8-13/h2-8H,9H2,1H3,(H,18,19). The Morgan fingerprint density at radius 3 is 2.80 bits per heavy atom. The summed E-state index contributed by atoms with van der Waals surface area (Å²) in [6, 6.07) is 12.5. The van der Waals surface area contributed by atoms with Crippen molar-refractivity contribution in [3.8, 4) is 5.75 Å². The number of carbonyl (C=O) groups is 1. The van der Waals surface area contributed by atoms with Gasteiger partial charge in [0.2, 0.25) is 0 Å². The highest BCUT2D eigenvalue weighted by molar-refractivity contribution is 9.10. The number of carbonyl (C=O) groups excluding carboxylic acids is 1. The maximum Gasteiger partial charge on any atom is 0.262 e. The van der Waals surface area contributed by atoms with Crippen LogP contribution >= 0.6 is 27.5 Å². The van der Waals surface area contributed by atoms with E-state index in [4.69, 9.17) is 16.3 Å². The molecule has 0 spiro atoms. The predicted octanol–water partition coefficient (Wildman–Crippen LogP) is 4.43. The smallest absolute Gasteiger partial charge is 0.262 e. The fourth-order valence-electron chi connectivity index (χ4n) is 1.63. The summed E-state index contributed by atoms with van der Waals surface area (Å²) in [7, 11) is 0. The van der Waals surface area contributed by atoms with Crippen LogP contribution in [0.3, 0.4) is 0 Å². The zero-order valence-electron chi connectivity index (χ0n) is 10.8. The third-order valence-corrected chi connectivity index (χ3v) is 3.73. The second-order valence-electron chi connectivity index (χ2n) is 4.26. The number of rotatable bonds is 4. The molecular weight excluding hydrogens is 342 g/mol. The van der Waals surface area contributed by atoms with E-state index in [-0.39, 0.29) is 12.5 Å². The predicted molar refractivity (Wildman–Crippen MR) is 84.5 cm³/mol. The third-order valence-electron chi connectivity index (χ3n) is 2.61. The minimum atomic E-state index is -0.216. The molecule has 0 saturated carbocycles. The Hall–Kier alpha value is -1.52. The first-order valence-corrected chi connectivity index (χ1v) is 7.16. The van der Waals surface area contributed by atoms with E-state index in [1.807, 2.05) is 25.1 Å². The number of aryl methyl sites for hydroxylation is 1. The molecule has 2 aromatic carbocycles. The van der Waals surface area contributed by atoms with Crippen molar-refractivity contribution in [3.63, 3.8) is 0 Å². The maximum absolute atomic E-state index is 11.8. The van der Waals surface area contributed by atoms with Gasteiger partial charge in [0.25, 0.3) is 5.91 Å². The van der Waals surface area contributed by atoms with Gasteiger partial charge in [0, 0.05) is 15.2 Å².